The van der Waals surface area contributed by atoms with Gasteiger partial charge in [-0.2, -0.15) is 13.2 Å². The number of carbonyl (C=O) groups is 1. The van der Waals surface area contributed by atoms with E-state index in [1.54, 1.807) is 0 Å². The molecule has 1 heterocycles. The van der Waals surface area contributed by atoms with Gasteiger partial charge in [0.05, 0.1) is 12.2 Å². The van der Waals surface area contributed by atoms with Crippen LogP contribution in [0.1, 0.15) is 38.5 Å². The number of rotatable bonds is 3. The highest BCUT2D eigenvalue weighted by molar-refractivity contribution is 7.88. The third-order valence-electron chi connectivity index (χ3n) is 4.81. The van der Waals surface area contributed by atoms with E-state index >= 15 is 0 Å². The Bertz CT molecular complexity index is 528. The number of hydrogen-bond donors (Lipinski definition) is 1. The Morgan fingerprint density at radius 2 is 1.65 bits per heavy atom. The summed E-state index contributed by atoms with van der Waals surface area (Å²) in [7, 11) is -3.28. The first-order valence-corrected chi connectivity index (χ1v) is 9.76. The van der Waals surface area contributed by atoms with Crippen molar-refractivity contribution in [3.8, 4) is 0 Å². The van der Waals surface area contributed by atoms with Crippen LogP contribution < -0.4 is 5.32 Å². The van der Waals surface area contributed by atoms with Crippen LogP contribution in [0.3, 0.4) is 0 Å². The molecule has 1 aliphatic carbocycles. The molecule has 2 fully saturated rings. The zero-order chi connectivity index (χ0) is 17.3. The van der Waals surface area contributed by atoms with E-state index in [0.29, 0.717) is 32.1 Å². The lowest BCUT2D eigenvalue weighted by atomic mass is 9.83. The van der Waals surface area contributed by atoms with Crippen molar-refractivity contribution >= 4 is 15.9 Å². The normalized spacial score (nSPS) is 28.5. The number of sulfonamides is 1. The Labute approximate surface area is 134 Å². The van der Waals surface area contributed by atoms with Gasteiger partial charge >= 0.3 is 6.18 Å². The molecule has 5 nitrogen and oxygen atoms in total. The monoisotopic (exact) mass is 356 g/mol. The molecule has 0 unspecified atom stereocenters. The summed E-state index contributed by atoms with van der Waals surface area (Å²) in [6.07, 6.45) is -0.863. The molecule has 1 N–H and O–H groups in total. The van der Waals surface area contributed by atoms with Crippen LogP contribution in [0.15, 0.2) is 0 Å². The van der Waals surface area contributed by atoms with Crippen molar-refractivity contribution < 1.29 is 26.4 Å². The molecular weight excluding hydrogens is 333 g/mol. The molecule has 0 aromatic carbocycles. The largest absolute Gasteiger partial charge is 0.393 e. The second-order valence-electron chi connectivity index (χ2n) is 6.48. The molecule has 2 rings (SSSR count). The van der Waals surface area contributed by atoms with Crippen LogP contribution in [0.2, 0.25) is 0 Å². The number of hydrogen-bond acceptors (Lipinski definition) is 3. The van der Waals surface area contributed by atoms with E-state index in [0.717, 1.165) is 6.26 Å². The molecular formula is C14H23F3N2O3S. The number of carbonyl (C=O) groups excluding carboxylic acids is 1. The third-order valence-corrected chi connectivity index (χ3v) is 6.11. The zero-order valence-corrected chi connectivity index (χ0v) is 13.9. The van der Waals surface area contributed by atoms with Gasteiger partial charge in [0, 0.05) is 25.0 Å². The zero-order valence-electron chi connectivity index (χ0n) is 13.1. The van der Waals surface area contributed by atoms with E-state index in [-0.39, 0.29) is 25.4 Å². The van der Waals surface area contributed by atoms with Crippen LogP contribution in [-0.2, 0) is 14.8 Å². The van der Waals surface area contributed by atoms with Crippen molar-refractivity contribution in [1.82, 2.24) is 9.62 Å². The molecule has 0 spiro atoms. The SMILES string of the molecule is CS(=O)(=O)N1CCC(C(=O)N[C@@H]2CCCC[C@H]2C(F)(F)F)CC1. The molecule has 1 amide bonds. The van der Waals surface area contributed by atoms with Gasteiger partial charge in [0.15, 0.2) is 0 Å². The highest BCUT2D eigenvalue weighted by Crippen LogP contribution is 2.38. The highest BCUT2D eigenvalue weighted by atomic mass is 32.2. The molecule has 1 saturated carbocycles. The maximum absolute atomic E-state index is 13.0. The van der Waals surface area contributed by atoms with Crippen LogP contribution >= 0.6 is 0 Å². The maximum Gasteiger partial charge on any atom is 0.393 e. The Morgan fingerprint density at radius 1 is 1.09 bits per heavy atom. The van der Waals surface area contributed by atoms with Gasteiger partial charge in [-0.3, -0.25) is 4.79 Å². The van der Waals surface area contributed by atoms with Crippen LogP contribution in [0, 0.1) is 11.8 Å². The smallest absolute Gasteiger partial charge is 0.353 e. The number of alkyl halides is 3. The molecule has 134 valence electrons. The predicted molar refractivity (Wildman–Crippen MR) is 79.1 cm³/mol. The third kappa shape index (κ3) is 4.82. The second-order valence-corrected chi connectivity index (χ2v) is 8.47. The summed E-state index contributed by atoms with van der Waals surface area (Å²) in [4.78, 5) is 12.2. The van der Waals surface area contributed by atoms with Gasteiger partial charge in [-0.15, -0.1) is 0 Å². The van der Waals surface area contributed by atoms with Crippen molar-refractivity contribution in [2.24, 2.45) is 11.8 Å². The minimum atomic E-state index is -4.29. The minimum Gasteiger partial charge on any atom is -0.353 e. The van der Waals surface area contributed by atoms with E-state index in [1.807, 2.05) is 0 Å². The van der Waals surface area contributed by atoms with Gasteiger partial charge in [0.1, 0.15) is 0 Å². The molecule has 2 aliphatic rings. The Balaban J connectivity index is 1.91. The fourth-order valence-corrected chi connectivity index (χ4v) is 4.32. The second kappa shape index (κ2) is 6.96. The highest BCUT2D eigenvalue weighted by Gasteiger charge is 2.46. The lowest BCUT2D eigenvalue weighted by Crippen LogP contribution is -2.50. The predicted octanol–water partition coefficient (Wildman–Crippen LogP) is 1.90. The topological polar surface area (TPSA) is 66.5 Å². The molecule has 0 aromatic heterocycles. The Hall–Kier alpha value is -0.830. The average molecular weight is 356 g/mol. The summed E-state index contributed by atoms with van der Waals surface area (Å²) in [6.45, 7) is 0.481. The van der Waals surface area contributed by atoms with E-state index in [9.17, 15) is 26.4 Å². The van der Waals surface area contributed by atoms with Gasteiger partial charge in [0.25, 0.3) is 0 Å². The number of halogens is 3. The molecule has 9 heteroatoms. The number of piperidine rings is 1. The fourth-order valence-electron chi connectivity index (χ4n) is 3.45. The maximum atomic E-state index is 13.0. The van der Waals surface area contributed by atoms with Crippen molar-refractivity contribution in [3.63, 3.8) is 0 Å². The molecule has 1 aliphatic heterocycles. The van der Waals surface area contributed by atoms with Gasteiger partial charge in [-0.25, -0.2) is 12.7 Å². The number of amides is 1. The van der Waals surface area contributed by atoms with Gasteiger partial charge in [-0.05, 0) is 25.7 Å². The first-order valence-electron chi connectivity index (χ1n) is 7.91. The average Bonchev–Trinajstić information content (AvgIpc) is 2.46. The van der Waals surface area contributed by atoms with Crippen molar-refractivity contribution in [2.45, 2.75) is 50.7 Å². The van der Waals surface area contributed by atoms with E-state index in [1.165, 1.54) is 4.31 Å². The Kier molecular flexibility index (Phi) is 5.60. The van der Waals surface area contributed by atoms with Crippen molar-refractivity contribution in [3.05, 3.63) is 0 Å². The van der Waals surface area contributed by atoms with E-state index < -0.39 is 34.1 Å². The molecule has 0 bridgehead atoms. The van der Waals surface area contributed by atoms with Crippen LogP contribution in [-0.4, -0.2) is 50.2 Å². The summed E-state index contributed by atoms with van der Waals surface area (Å²) >= 11 is 0. The standard InChI is InChI=1S/C14H23F3N2O3S/c1-23(21,22)19-8-6-10(7-9-19)13(20)18-12-5-3-2-4-11(12)14(15,16)17/h10-12H,2-9H2,1H3,(H,18,20)/t11-,12-/m1/s1. The lowest BCUT2D eigenvalue weighted by molar-refractivity contribution is -0.189. The van der Waals surface area contributed by atoms with E-state index in [4.69, 9.17) is 0 Å². The first kappa shape index (κ1) is 18.5. The molecule has 1 saturated heterocycles. The molecule has 2 atom stereocenters. The summed E-state index contributed by atoms with van der Waals surface area (Å²) < 4.78 is 63.3. The van der Waals surface area contributed by atoms with Crippen molar-refractivity contribution in [1.29, 1.82) is 0 Å². The van der Waals surface area contributed by atoms with Crippen molar-refractivity contribution in [2.75, 3.05) is 19.3 Å². The summed E-state index contributed by atoms with van der Waals surface area (Å²) in [6, 6.07) is -0.857. The van der Waals surface area contributed by atoms with Gasteiger partial charge < -0.3 is 5.32 Å². The summed E-state index contributed by atoms with van der Waals surface area (Å²) in [5.41, 5.74) is 0. The quantitative estimate of drug-likeness (QED) is 0.840. The van der Waals surface area contributed by atoms with Gasteiger partial charge in [0.2, 0.25) is 15.9 Å². The number of nitrogens with zero attached hydrogens (tertiary/aromatic N) is 1. The van der Waals surface area contributed by atoms with Crippen LogP contribution in [0.5, 0.6) is 0 Å². The lowest BCUT2D eigenvalue weighted by Gasteiger charge is -2.35. The Morgan fingerprint density at radius 3 is 2.17 bits per heavy atom. The molecule has 0 radical (unpaired) electrons. The molecule has 23 heavy (non-hydrogen) atoms. The number of nitrogens with one attached hydrogen (secondary N) is 1. The minimum absolute atomic E-state index is 0.0565. The van der Waals surface area contributed by atoms with E-state index in [2.05, 4.69) is 5.32 Å². The first-order chi connectivity index (χ1) is 10.6. The molecule has 0 aromatic rings. The van der Waals surface area contributed by atoms with Crippen LogP contribution in [0.4, 0.5) is 13.2 Å². The summed E-state index contributed by atoms with van der Waals surface area (Å²) in [5, 5.41) is 2.57. The summed E-state index contributed by atoms with van der Waals surface area (Å²) in [5.74, 6) is -2.26. The fraction of sp³-hybridized carbons (Fsp3) is 0.929. The van der Waals surface area contributed by atoms with Gasteiger partial charge in [-0.1, -0.05) is 12.8 Å². The van der Waals surface area contributed by atoms with Crippen LogP contribution in [0.25, 0.3) is 0 Å².